The van der Waals surface area contributed by atoms with Crippen LogP contribution in [0.25, 0.3) is 5.76 Å². The highest BCUT2D eigenvalue weighted by Gasteiger charge is 2.32. The van der Waals surface area contributed by atoms with Crippen molar-refractivity contribution in [3.8, 4) is 5.75 Å². The molecule has 166 valence electrons. The van der Waals surface area contributed by atoms with Gasteiger partial charge in [0.25, 0.3) is 0 Å². The Morgan fingerprint density at radius 2 is 2.06 bits per heavy atom. The second-order valence-electron chi connectivity index (χ2n) is 6.99. The number of aliphatic hydroxyl groups excluding tert-OH is 1. The molecule has 32 heavy (non-hydrogen) atoms. The van der Waals surface area contributed by atoms with E-state index in [4.69, 9.17) is 4.74 Å². The molecule has 0 fully saturated rings. The Morgan fingerprint density at radius 1 is 1.28 bits per heavy atom. The number of Topliss-reactive ketones (excluding diaryl/α,β-unsaturated/α-hetero) is 1. The van der Waals surface area contributed by atoms with Crippen LogP contribution in [0.4, 0.5) is 10.8 Å². The van der Waals surface area contributed by atoms with Gasteiger partial charge in [-0.3, -0.25) is 20.3 Å². The Labute approximate surface area is 189 Å². The number of anilines is 2. The molecule has 8 nitrogen and oxygen atoms in total. The molecule has 3 rings (SSSR count). The van der Waals surface area contributed by atoms with Gasteiger partial charge in [-0.1, -0.05) is 12.1 Å². The normalized spacial score (nSPS) is 12.5. The molecule has 0 saturated heterocycles. The van der Waals surface area contributed by atoms with Crippen molar-refractivity contribution in [1.29, 1.82) is 0 Å². The number of aldehydes is 1. The fourth-order valence-corrected chi connectivity index (χ4v) is 4.13. The van der Waals surface area contributed by atoms with E-state index in [1.54, 1.807) is 73.1 Å². The number of aryl methyl sites for hydroxylation is 1. The van der Waals surface area contributed by atoms with Gasteiger partial charge in [0.1, 0.15) is 11.5 Å². The van der Waals surface area contributed by atoms with Crippen LogP contribution in [0.3, 0.4) is 0 Å². The number of ketones is 1. The maximum atomic E-state index is 12.9. The van der Waals surface area contributed by atoms with Crippen LogP contribution in [0.5, 0.6) is 5.75 Å². The first kappa shape index (κ1) is 23.0. The fourth-order valence-electron chi connectivity index (χ4n) is 3.49. The first-order valence-corrected chi connectivity index (χ1v) is 10.5. The van der Waals surface area contributed by atoms with Crippen molar-refractivity contribution in [2.75, 3.05) is 24.5 Å². The highest BCUT2D eigenvalue weighted by atomic mass is 32.1. The number of likely N-dealkylation sites (N-methyl/N-ethyl adjacent to an activating group) is 1. The van der Waals surface area contributed by atoms with Crippen LogP contribution < -0.4 is 15.1 Å². The minimum atomic E-state index is -0.869. The lowest BCUT2D eigenvalue weighted by Gasteiger charge is -2.30. The molecule has 9 heteroatoms. The highest BCUT2D eigenvalue weighted by Crippen LogP contribution is 2.37. The molecule has 3 aromatic rings. The van der Waals surface area contributed by atoms with Crippen molar-refractivity contribution in [1.82, 2.24) is 4.98 Å². The monoisotopic (exact) mass is 453 g/mol. The number of rotatable bonds is 9. The van der Waals surface area contributed by atoms with E-state index in [-0.39, 0.29) is 17.6 Å². The molecule has 3 N–H and O–H groups in total. The maximum Gasteiger partial charge on any atom is 0.227 e. The predicted molar refractivity (Wildman–Crippen MR) is 123 cm³/mol. The molecule has 1 atom stereocenters. The van der Waals surface area contributed by atoms with E-state index in [0.717, 1.165) is 5.56 Å². The number of thiazole rings is 1. The minimum absolute atomic E-state index is 0.114. The third-order valence-corrected chi connectivity index (χ3v) is 5.87. The van der Waals surface area contributed by atoms with Crippen molar-refractivity contribution in [3.63, 3.8) is 0 Å². The van der Waals surface area contributed by atoms with Crippen LogP contribution in [-0.4, -0.2) is 41.5 Å². The summed E-state index contributed by atoms with van der Waals surface area (Å²) in [5.74, 6) is -0.571. The van der Waals surface area contributed by atoms with Gasteiger partial charge in [0, 0.05) is 24.2 Å². The van der Waals surface area contributed by atoms with Crippen LogP contribution in [0.2, 0.25) is 0 Å². The third-order valence-electron chi connectivity index (χ3n) is 5.01. The van der Waals surface area contributed by atoms with Crippen molar-refractivity contribution in [2.24, 2.45) is 0 Å². The number of hydrogen-bond acceptors (Lipinski definition) is 9. The molecule has 1 unspecified atom stereocenters. The SMILES string of the molecule is COc1ccc(/C(O)=C(\C(=O)C=O)C(c2cccc(NO)c2)N(C)c2nccs2)cc1C. The number of hydrogen-bond donors (Lipinski definition) is 3. The molecular weight excluding hydrogens is 430 g/mol. The van der Waals surface area contributed by atoms with E-state index in [1.165, 1.54) is 11.3 Å². The predicted octanol–water partition coefficient (Wildman–Crippen LogP) is 4.18. The standard InChI is InChI=1S/C23H23N3O5S/c1-14-11-16(7-8-19(14)31-3)22(29)20(18(28)13-27)21(26(2)23-24-9-10-32-23)15-5-4-6-17(12-15)25-30/h4-13,21,25,29-30H,1-3H3/b22-20-. The van der Waals surface area contributed by atoms with Gasteiger partial charge >= 0.3 is 0 Å². The molecule has 0 spiro atoms. The van der Waals surface area contributed by atoms with Gasteiger partial charge in [-0.15, -0.1) is 11.3 Å². The number of methoxy groups -OCH3 is 1. The van der Waals surface area contributed by atoms with Crippen LogP contribution in [-0.2, 0) is 9.59 Å². The smallest absolute Gasteiger partial charge is 0.227 e. The van der Waals surface area contributed by atoms with Crippen molar-refractivity contribution in [3.05, 3.63) is 76.3 Å². The molecule has 0 radical (unpaired) electrons. The van der Waals surface area contributed by atoms with E-state index in [9.17, 15) is 19.9 Å². The van der Waals surface area contributed by atoms with E-state index in [2.05, 4.69) is 10.5 Å². The molecule has 0 bridgehead atoms. The Balaban J connectivity index is 2.27. The fraction of sp³-hybridized carbons (Fsp3) is 0.174. The number of carbonyl (C=O) groups is 2. The summed E-state index contributed by atoms with van der Waals surface area (Å²) >= 11 is 1.35. The van der Waals surface area contributed by atoms with Crippen LogP contribution in [0, 0.1) is 6.92 Å². The highest BCUT2D eigenvalue weighted by molar-refractivity contribution is 7.13. The number of aliphatic hydroxyl groups is 1. The Bertz CT molecular complexity index is 1140. The van der Waals surface area contributed by atoms with Crippen molar-refractivity contribution < 1.29 is 24.6 Å². The topological polar surface area (TPSA) is 112 Å². The van der Waals surface area contributed by atoms with Gasteiger partial charge in [-0.2, -0.15) is 0 Å². The summed E-state index contributed by atoms with van der Waals surface area (Å²) in [5.41, 5.74) is 4.03. The van der Waals surface area contributed by atoms with Gasteiger partial charge in [0.2, 0.25) is 5.78 Å². The molecule has 0 amide bonds. The Morgan fingerprint density at radius 3 is 2.66 bits per heavy atom. The van der Waals surface area contributed by atoms with Gasteiger partial charge in [-0.05, 0) is 48.4 Å². The van der Waals surface area contributed by atoms with E-state index >= 15 is 0 Å². The average molecular weight is 454 g/mol. The summed E-state index contributed by atoms with van der Waals surface area (Å²) < 4.78 is 5.27. The number of benzene rings is 2. The van der Waals surface area contributed by atoms with Crippen LogP contribution >= 0.6 is 11.3 Å². The van der Waals surface area contributed by atoms with Crippen molar-refractivity contribution in [2.45, 2.75) is 13.0 Å². The molecule has 0 aliphatic rings. The Kier molecular flexibility index (Phi) is 7.24. The number of aromatic nitrogens is 1. The van der Waals surface area contributed by atoms with Gasteiger partial charge < -0.3 is 14.7 Å². The molecule has 0 aliphatic heterocycles. The van der Waals surface area contributed by atoms with Crippen molar-refractivity contribution >= 4 is 40.0 Å². The minimum Gasteiger partial charge on any atom is -0.507 e. The summed E-state index contributed by atoms with van der Waals surface area (Å²) in [7, 11) is 3.26. The number of ether oxygens (including phenoxy) is 1. The summed E-state index contributed by atoms with van der Waals surface area (Å²) in [6.45, 7) is 1.81. The van der Waals surface area contributed by atoms with Gasteiger partial charge in [0.05, 0.1) is 24.4 Å². The summed E-state index contributed by atoms with van der Waals surface area (Å²) in [6.07, 6.45) is 1.80. The Hall–Kier alpha value is -3.69. The lowest BCUT2D eigenvalue weighted by atomic mass is 9.91. The van der Waals surface area contributed by atoms with Crippen LogP contribution in [0.15, 0.2) is 59.6 Å². The quantitative estimate of drug-likeness (QED) is 0.145. The van der Waals surface area contributed by atoms with E-state index in [0.29, 0.717) is 27.7 Å². The summed E-state index contributed by atoms with van der Waals surface area (Å²) in [4.78, 5) is 30.5. The molecule has 0 saturated carbocycles. The summed E-state index contributed by atoms with van der Waals surface area (Å²) in [5, 5.41) is 22.9. The molecule has 1 heterocycles. The lowest BCUT2D eigenvalue weighted by molar-refractivity contribution is -0.127. The first-order chi connectivity index (χ1) is 15.4. The van der Waals surface area contributed by atoms with Gasteiger partial charge in [0.15, 0.2) is 11.4 Å². The number of nitrogens with one attached hydrogen (secondary N) is 1. The maximum absolute atomic E-state index is 12.9. The molecular formula is C23H23N3O5S. The largest absolute Gasteiger partial charge is 0.507 e. The lowest BCUT2D eigenvalue weighted by Crippen LogP contribution is -2.30. The zero-order valence-electron chi connectivity index (χ0n) is 17.8. The average Bonchev–Trinajstić information content (AvgIpc) is 3.36. The van der Waals surface area contributed by atoms with Crippen LogP contribution in [0.1, 0.15) is 22.7 Å². The second-order valence-corrected chi connectivity index (χ2v) is 7.87. The van der Waals surface area contributed by atoms with E-state index < -0.39 is 11.8 Å². The zero-order valence-corrected chi connectivity index (χ0v) is 18.6. The van der Waals surface area contributed by atoms with E-state index in [1.807, 2.05) is 6.92 Å². The second kappa shape index (κ2) is 10.1. The molecule has 1 aromatic heterocycles. The third kappa shape index (κ3) is 4.63. The van der Waals surface area contributed by atoms with Gasteiger partial charge in [-0.25, -0.2) is 4.98 Å². The number of carbonyl (C=O) groups excluding carboxylic acids is 2. The molecule has 2 aromatic carbocycles. The molecule has 0 aliphatic carbocycles. The summed E-state index contributed by atoms with van der Waals surface area (Å²) in [6, 6.07) is 10.8. The zero-order chi connectivity index (χ0) is 23.3. The first-order valence-electron chi connectivity index (χ1n) is 9.61. The number of nitrogens with zero attached hydrogens (tertiary/aromatic N) is 2.